The second-order valence-corrected chi connectivity index (χ2v) is 4.67. The van der Waals surface area contributed by atoms with Crippen LogP contribution < -0.4 is 10.1 Å². The van der Waals surface area contributed by atoms with Crippen LogP contribution in [-0.2, 0) is 13.2 Å². The van der Waals surface area contributed by atoms with Gasteiger partial charge in [-0.25, -0.2) is 4.39 Å². The van der Waals surface area contributed by atoms with Gasteiger partial charge < -0.3 is 10.1 Å². The Labute approximate surface area is 122 Å². The third kappa shape index (κ3) is 4.18. The summed E-state index contributed by atoms with van der Waals surface area (Å²) in [5.74, 6) is 0.0695. The molecule has 0 fully saturated rings. The fourth-order valence-corrected chi connectivity index (χ4v) is 1.93. The number of benzene rings is 1. The highest BCUT2D eigenvalue weighted by atomic mass is 35.5. The Hall–Kier alpha value is -1.65. The molecule has 0 spiro atoms. The Morgan fingerprint density at radius 2 is 2.05 bits per heavy atom. The Morgan fingerprint density at radius 3 is 2.80 bits per heavy atom. The fourth-order valence-electron chi connectivity index (χ4n) is 1.71. The first-order chi connectivity index (χ1) is 9.69. The van der Waals surface area contributed by atoms with Gasteiger partial charge in [0.15, 0.2) is 0 Å². The fraction of sp³-hybridized carbons (Fsp3) is 0.267. The minimum absolute atomic E-state index is 0.258. The topological polar surface area (TPSA) is 34.1 Å². The summed E-state index contributed by atoms with van der Waals surface area (Å²) >= 11 is 5.90. The van der Waals surface area contributed by atoms with Gasteiger partial charge in [0, 0.05) is 6.54 Å². The molecule has 20 heavy (non-hydrogen) atoms. The van der Waals surface area contributed by atoms with Crippen LogP contribution in [0.15, 0.2) is 36.4 Å². The van der Waals surface area contributed by atoms with E-state index in [0.29, 0.717) is 12.4 Å². The summed E-state index contributed by atoms with van der Waals surface area (Å²) in [4.78, 5) is 4.47. The number of rotatable bonds is 6. The number of pyridine rings is 1. The molecule has 0 unspecified atom stereocenters. The zero-order chi connectivity index (χ0) is 14.4. The van der Waals surface area contributed by atoms with E-state index >= 15 is 0 Å². The van der Waals surface area contributed by atoms with Gasteiger partial charge in [0.1, 0.15) is 18.2 Å². The van der Waals surface area contributed by atoms with E-state index in [1.807, 2.05) is 25.1 Å². The third-order valence-corrected chi connectivity index (χ3v) is 2.99. The Balaban J connectivity index is 1.99. The molecule has 0 aliphatic heterocycles. The van der Waals surface area contributed by atoms with Crippen molar-refractivity contribution < 1.29 is 9.13 Å². The van der Waals surface area contributed by atoms with Gasteiger partial charge in [0.25, 0.3) is 0 Å². The summed E-state index contributed by atoms with van der Waals surface area (Å²) in [5.41, 5.74) is 1.76. The quantitative estimate of drug-likeness (QED) is 0.884. The summed E-state index contributed by atoms with van der Waals surface area (Å²) in [7, 11) is 0. The molecule has 1 aromatic carbocycles. The van der Waals surface area contributed by atoms with E-state index in [-0.39, 0.29) is 10.8 Å². The molecule has 1 aromatic heterocycles. The summed E-state index contributed by atoms with van der Waals surface area (Å²) < 4.78 is 18.5. The molecule has 5 heteroatoms. The van der Waals surface area contributed by atoms with Gasteiger partial charge in [-0.1, -0.05) is 24.6 Å². The summed E-state index contributed by atoms with van der Waals surface area (Å²) in [6.07, 6.45) is 0. The van der Waals surface area contributed by atoms with Crippen molar-refractivity contribution in [3.05, 3.63) is 58.6 Å². The summed E-state index contributed by atoms with van der Waals surface area (Å²) in [6.45, 7) is 3.96. The summed E-state index contributed by atoms with van der Waals surface area (Å²) in [5, 5.41) is 3.47. The van der Waals surface area contributed by atoms with Gasteiger partial charge in [-0.3, -0.25) is 4.98 Å². The molecule has 0 aliphatic carbocycles. The van der Waals surface area contributed by atoms with Crippen LogP contribution in [0.1, 0.15) is 18.3 Å². The second-order valence-electron chi connectivity index (χ2n) is 4.26. The van der Waals surface area contributed by atoms with E-state index < -0.39 is 0 Å². The zero-order valence-electron chi connectivity index (χ0n) is 11.2. The predicted molar refractivity (Wildman–Crippen MR) is 77.4 cm³/mol. The Morgan fingerprint density at radius 1 is 1.25 bits per heavy atom. The van der Waals surface area contributed by atoms with Crippen LogP contribution in [0.2, 0.25) is 5.02 Å². The highest BCUT2D eigenvalue weighted by Crippen LogP contribution is 2.25. The van der Waals surface area contributed by atoms with E-state index in [2.05, 4.69) is 10.3 Å². The van der Waals surface area contributed by atoms with Crippen molar-refractivity contribution in [2.24, 2.45) is 0 Å². The maximum Gasteiger partial charge on any atom is 0.138 e. The van der Waals surface area contributed by atoms with Crippen molar-refractivity contribution in [2.75, 3.05) is 6.54 Å². The largest absolute Gasteiger partial charge is 0.486 e. The van der Waals surface area contributed by atoms with Crippen LogP contribution in [0.4, 0.5) is 4.39 Å². The van der Waals surface area contributed by atoms with Crippen LogP contribution in [0, 0.1) is 5.82 Å². The number of ether oxygens (including phenoxy) is 1. The zero-order valence-corrected chi connectivity index (χ0v) is 12.0. The maximum atomic E-state index is 12.9. The SMILES string of the molecule is CCNCc1cccc(COc2ccc(F)cc2Cl)n1. The monoisotopic (exact) mass is 294 g/mol. The third-order valence-electron chi connectivity index (χ3n) is 2.69. The van der Waals surface area contributed by atoms with Crippen LogP contribution in [-0.4, -0.2) is 11.5 Å². The molecular weight excluding hydrogens is 279 g/mol. The molecule has 3 nitrogen and oxygen atoms in total. The van der Waals surface area contributed by atoms with E-state index in [4.69, 9.17) is 16.3 Å². The van der Waals surface area contributed by atoms with Crippen LogP contribution in [0.3, 0.4) is 0 Å². The van der Waals surface area contributed by atoms with Gasteiger partial charge in [-0.15, -0.1) is 0 Å². The number of hydrogen-bond donors (Lipinski definition) is 1. The smallest absolute Gasteiger partial charge is 0.138 e. The number of aromatic nitrogens is 1. The van der Waals surface area contributed by atoms with Gasteiger partial charge >= 0.3 is 0 Å². The highest BCUT2D eigenvalue weighted by molar-refractivity contribution is 6.32. The molecule has 2 rings (SSSR count). The van der Waals surface area contributed by atoms with Crippen molar-refractivity contribution in [1.82, 2.24) is 10.3 Å². The van der Waals surface area contributed by atoms with Crippen molar-refractivity contribution >= 4 is 11.6 Å². The van der Waals surface area contributed by atoms with Crippen molar-refractivity contribution in [1.29, 1.82) is 0 Å². The lowest BCUT2D eigenvalue weighted by Gasteiger charge is -2.09. The van der Waals surface area contributed by atoms with Crippen LogP contribution >= 0.6 is 11.6 Å². The van der Waals surface area contributed by atoms with Gasteiger partial charge in [0.05, 0.1) is 16.4 Å². The first-order valence-electron chi connectivity index (χ1n) is 6.42. The van der Waals surface area contributed by atoms with Crippen molar-refractivity contribution in [3.8, 4) is 5.75 Å². The van der Waals surface area contributed by atoms with E-state index in [1.165, 1.54) is 18.2 Å². The molecule has 0 bridgehead atoms. The van der Waals surface area contributed by atoms with Crippen molar-refractivity contribution in [3.63, 3.8) is 0 Å². The lowest BCUT2D eigenvalue weighted by Crippen LogP contribution is -2.13. The standard InChI is InChI=1S/C15H16ClFN2O/c1-2-18-9-12-4-3-5-13(19-12)10-20-15-7-6-11(17)8-14(15)16/h3-8,18H,2,9-10H2,1H3. The molecular formula is C15H16ClFN2O. The molecule has 0 atom stereocenters. The molecule has 0 saturated heterocycles. The molecule has 0 saturated carbocycles. The van der Waals surface area contributed by atoms with Crippen LogP contribution in [0.25, 0.3) is 0 Å². The lowest BCUT2D eigenvalue weighted by atomic mass is 10.3. The van der Waals surface area contributed by atoms with Crippen LogP contribution in [0.5, 0.6) is 5.75 Å². The number of nitrogens with zero attached hydrogens (tertiary/aromatic N) is 1. The van der Waals surface area contributed by atoms with E-state index in [0.717, 1.165) is 24.5 Å². The normalized spacial score (nSPS) is 10.6. The first kappa shape index (κ1) is 14.8. The highest BCUT2D eigenvalue weighted by Gasteiger charge is 2.04. The number of halogens is 2. The Kier molecular flexibility index (Phi) is 5.32. The van der Waals surface area contributed by atoms with Gasteiger partial charge in [-0.05, 0) is 36.9 Å². The van der Waals surface area contributed by atoms with E-state index in [1.54, 1.807) is 0 Å². The molecule has 106 valence electrons. The second kappa shape index (κ2) is 7.22. The number of nitrogens with one attached hydrogen (secondary N) is 1. The Bertz CT molecular complexity index is 578. The lowest BCUT2D eigenvalue weighted by molar-refractivity contribution is 0.300. The predicted octanol–water partition coefficient (Wildman–Crippen LogP) is 3.56. The number of hydrogen-bond acceptors (Lipinski definition) is 3. The molecule has 1 N–H and O–H groups in total. The summed E-state index contributed by atoms with van der Waals surface area (Å²) in [6, 6.07) is 9.83. The molecule has 0 radical (unpaired) electrons. The maximum absolute atomic E-state index is 12.9. The minimum Gasteiger partial charge on any atom is -0.486 e. The van der Waals surface area contributed by atoms with E-state index in [9.17, 15) is 4.39 Å². The molecule has 2 aromatic rings. The van der Waals surface area contributed by atoms with Gasteiger partial charge in [-0.2, -0.15) is 0 Å². The molecule has 1 heterocycles. The minimum atomic E-state index is -0.381. The van der Waals surface area contributed by atoms with Gasteiger partial charge in [0.2, 0.25) is 0 Å². The molecule has 0 aliphatic rings. The van der Waals surface area contributed by atoms with Crippen molar-refractivity contribution in [2.45, 2.75) is 20.1 Å². The average Bonchev–Trinajstić information content (AvgIpc) is 2.45. The molecule has 0 amide bonds. The first-order valence-corrected chi connectivity index (χ1v) is 6.80. The average molecular weight is 295 g/mol.